The van der Waals surface area contributed by atoms with Gasteiger partial charge < -0.3 is 14.6 Å². The van der Waals surface area contributed by atoms with Crippen LogP contribution in [0.25, 0.3) is 0 Å². The Hall–Kier alpha value is -2.24. The summed E-state index contributed by atoms with van der Waals surface area (Å²) in [6, 6.07) is 4.99. The molecule has 1 aliphatic rings. The molecule has 0 heterocycles. The van der Waals surface area contributed by atoms with E-state index in [9.17, 15) is 14.7 Å². The number of aliphatic carboxylic acids is 1. The molecule has 22 heavy (non-hydrogen) atoms. The highest BCUT2D eigenvalue weighted by Crippen LogP contribution is 2.51. The lowest BCUT2D eigenvalue weighted by Gasteiger charge is -2.22. The van der Waals surface area contributed by atoms with Crippen LogP contribution < -0.4 is 10.1 Å². The molecule has 1 fully saturated rings. The molecule has 0 aliphatic heterocycles. The van der Waals surface area contributed by atoms with Crippen LogP contribution in [0.15, 0.2) is 18.2 Å². The van der Waals surface area contributed by atoms with E-state index in [1.165, 1.54) is 7.11 Å². The second-order valence-corrected chi connectivity index (χ2v) is 6.43. The minimum atomic E-state index is -0.920. The van der Waals surface area contributed by atoms with Gasteiger partial charge in [0.05, 0.1) is 18.2 Å². The number of hydrogen-bond acceptors (Lipinski definition) is 4. The van der Waals surface area contributed by atoms with Crippen molar-refractivity contribution in [3.05, 3.63) is 23.8 Å². The molecule has 1 saturated carbocycles. The number of ether oxygens (including phenoxy) is 2. The Labute approximate surface area is 129 Å². The van der Waals surface area contributed by atoms with Crippen LogP contribution in [-0.4, -0.2) is 29.9 Å². The Morgan fingerprint density at radius 2 is 1.91 bits per heavy atom. The number of benzene rings is 1. The zero-order valence-corrected chi connectivity index (χ0v) is 13.2. The number of rotatable bonds is 4. The monoisotopic (exact) mass is 307 g/mol. The third kappa shape index (κ3) is 3.32. The summed E-state index contributed by atoms with van der Waals surface area (Å²) in [5.74, 6) is -0.346. The molecule has 0 spiro atoms. The number of carboxylic acid groups (broad SMARTS) is 1. The van der Waals surface area contributed by atoms with Crippen molar-refractivity contribution in [1.82, 2.24) is 0 Å². The van der Waals surface area contributed by atoms with Gasteiger partial charge in [-0.2, -0.15) is 0 Å². The first-order chi connectivity index (χ1) is 10.2. The molecular formula is C16H21NO5. The van der Waals surface area contributed by atoms with Crippen molar-refractivity contribution in [2.75, 3.05) is 12.4 Å². The van der Waals surface area contributed by atoms with Gasteiger partial charge in [0.2, 0.25) is 0 Å². The van der Waals surface area contributed by atoms with Gasteiger partial charge in [0.1, 0.15) is 11.4 Å². The molecule has 0 radical (unpaired) electrons. The fourth-order valence-electron chi connectivity index (χ4n) is 2.31. The highest BCUT2D eigenvalue weighted by Gasteiger charge is 2.53. The van der Waals surface area contributed by atoms with E-state index in [2.05, 4.69) is 5.32 Å². The van der Waals surface area contributed by atoms with Crippen molar-refractivity contribution in [3.8, 4) is 5.75 Å². The van der Waals surface area contributed by atoms with E-state index in [1.807, 2.05) is 0 Å². The van der Waals surface area contributed by atoms with E-state index < -0.39 is 23.1 Å². The summed E-state index contributed by atoms with van der Waals surface area (Å²) >= 11 is 0. The van der Waals surface area contributed by atoms with Gasteiger partial charge in [-0.05, 0) is 45.2 Å². The van der Waals surface area contributed by atoms with Crippen molar-refractivity contribution in [2.24, 2.45) is 0 Å². The molecule has 0 aromatic heterocycles. The number of nitrogens with one attached hydrogen (secondary N) is 1. The summed E-state index contributed by atoms with van der Waals surface area (Å²) in [4.78, 5) is 23.5. The number of carbonyl (C=O) groups excluding carboxylic acids is 1. The van der Waals surface area contributed by atoms with Gasteiger partial charge >= 0.3 is 12.1 Å². The van der Waals surface area contributed by atoms with Crippen LogP contribution in [0.4, 0.5) is 10.5 Å². The number of carboxylic acids is 1. The zero-order chi connectivity index (χ0) is 16.5. The number of amides is 1. The molecule has 2 rings (SSSR count). The number of anilines is 1. The molecule has 0 atom stereocenters. The van der Waals surface area contributed by atoms with Gasteiger partial charge in [0.25, 0.3) is 0 Å². The second kappa shape index (κ2) is 5.51. The first kappa shape index (κ1) is 16.1. The van der Waals surface area contributed by atoms with Crippen LogP contribution in [0.5, 0.6) is 5.75 Å². The molecule has 1 aromatic rings. The first-order valence-electron chi connectivity index (χ1n) is 7.10. The molecule has 0 bridgehead atoms. The van der Waals surface area contributed by atoms with Gasteiger partial charge in [-0.3, -0.25) is 10.1 Å². The molecule has 120 valence electrons. The molecule has 0 unspecified atom stereocenters. The molecule has 6 nitrogen and oxygen atoms in total. The third-order valence-electron chi connectivity index (χ3n) is 3.54. The predicted octanol–water partition coefficient (Wildman–Crippen LogP) is 3.16. The Bertz CT molecular complexity index is 599. The van der Waals surface area contributed by atoms with Crippen molar-refractivity contribution in [2.45, 2.75) is 44.6 Å². The highest BCUT2D eigenvalue weighted by atomic mass is 16.6. The van der Waals surface area contributed by atoms with Gasteiger partial charge in [-0.25, -0.2) is 4.79 Å². The van der Waals surface area contributed by atoms with Crippen molar-refractivity contribution in [1.29, 1.82) is 0 Å². The Balaban J connectivity index is 2.32. The van der Waals surface area contributed by atoms with Crippen LogP contribution in [0, 0.1) is 0 Å². The topological polar surface area (TPSA) is 84.9 Å². The highest BCUT2D eigenvalue weighted by molar-refractivity contribution is 5.92. The lowest BCUT2D eigenvalue weighted by atomic mass is 9.94. The van der Waals surface area contributed by atoms with Crippen LogP contribution in [0.1, 0.15) is 39.2 Å². The Morgan fingerprint density at radius 1 is 1.27 bits per heavy atom. The predicted molar refractivity (Wildman–Crippen MR) is 81.4 cm³/mol. The average Bonchev–Trinajstić information content (AvgIpc) is 3.17. The summed E-state index contributed by atoms with van der Waals surface area (Å²) < 4.78 is 10.4. The lowest BCUT2D eigenvalue weighted by molar-refractivity contribution is -0.140. The fourth-order valence-corrected chi connectivity index (χ4v) is 2.31. The molecule has 1 aromatic carbocycles. The smallest absolute Gasteiger partial charge is 0.412 e. The molecule has 1 amide bonds. The van der Waals surface area contributed by atoms with Gasteiger partial charge in [0.15, 0.2) is 0 Å². The van der Waals surface area contributed by atoms with Crippen molar-refractivity contribution < 1.29 is 24.2 Å². The quantitative estimate of drug-likeness (QED) is 0.892. The molecule has 2 N–H and O–H groups in total. The van der Waals surface area contributed by atoms with E-state index in [4.69, 9.17) is 9.47 Å². The minimum absolute atomic E-state index is 0.411. The Kier molecular flexibility index (Phi) is 4.04. The van der Waals surface area contributed by atoms with E-state index in [0.29, 0.717) is 29.8 Å². The van der Waals surface area contributed by atoms with Gasteiger partial charge in [0, 0.05) is 6.07 Å². The lowest BCUT2D eigenvalue weighted by Crippen LogP contribution is -2.28. The standard InChI is InChI=1S/C16H21NO5/c1-15(2,3)22-14(20)17-12-9-10(21-4)5-6-11(12)16(7-8-16)13(18)19/h5-6,9H,7-8H2,1-4H3,(H,17,20)(H,18,19). The van der Waals surface area contributed by atoms with E-state index in [1.54, 1.807) is 39.0 Å². The summed E-state index contributed by atoms with van der Waals surface area (Å²) in [6.07, 6.45) is 0.484. The maximum atomic E-state index is 12.0. The third-order valence-corrected chi connectivity index (χ3v) is 3.54. The molecule has 0 saturated heterocycles. The van der Waals surface area contributed by atoms with E-state index in [-0.39, 0.29) is 0 Å². The summed E-state index contributed by atoms with van der Waals surface area (Å²) in [6.45, 7) is 5.29. The van der Waals surface area contributed by atoms with Crippen molar-refractivity contribution in [3.63, 3.8) is 0 Å². The number of hydrogen-bond donors (Lipinski definition) is 2. The number of carbonyl (C=O) groups is 2. The van der Waals surface area contributed by atoms with E-state index in [0.717, 1.165) is 0 Å². The maximum Gasteiger partial charge on any atom is 0.412 e. The first-order valence-corrected chi connectivity index (χ1v) is 7.10. The molecular weight excluding hydrogens is 286 g/mol. The van der Waals surface area contributed by atoms with Crippen LogP contribution >= 0.6 is 0 Å². The molecule has 1 aliphatic carbocycles. The SMILES string of the molecule is COc1ccc(C2(C(=O)O)CC2)c(NC(=O)OC(C)(C)C)c1. The normalized spacial score (nSPS) is 15.8. The maximum absolute atomic E-state index is 12.0. The van der Waals surface area contributed by atoms with E-state index >= 15 is 0 Å². The minimum Gasteiger partial charge on any atom is -0.497 e. The van der Waals surface area contributed by atoms with Crippen LogP contribution in [0.3, 0.4) is 0 Å². The van der Waals surface area contributed by atoms with Crippen LogP contribution in [0.2, 0.25) is 0 Å². The summed E-state index contributed by atoms with van der Waals surface area (Å²) in [5.41, 5.74) is -0.566. The van der Waals surface area contributed by atoms with Gasteiger partial charge in [-0.15, -0.1) is 0 Å². The van der Waals surface area contributed by atoms with Crippen molar-refractivity contribution >= 4 is 17.7 Å². The summed E-state index contributed by atoms with van der Waals surface area (Å²) in [5, 5.41) is 12.1. The van der Waals surface area contributed by atoms with Gasteiger partial charge in [-0.1, -0.05) is 6.07 Å². The molecule has 6 heteroatoms. The van der Waals surface area contributed by atoms with Crippen LogP contribution in [-0.2, 0) is 14.9 Å². The number of methoxy groups -OCH3 is 1. The largest absolute Gasteiger partial charge is 0.497 e. The average molecular weight is 307 g/mol. The fraction of sp³-hybridized carbons (Fsp3) is 0.500. The summed E-state index contributed by atoms with van der Waals surface area (Å²) in [7, 11) is 1.51. The Morgan fingerprint density at radius 3 is 2.36 bits per heavy atom. The zero-order valence-electron chi connectivity index (χ0n) is 13.2. The second-order valence-electron chi connectivity index (χ2n) is 6.43.